The molecule has 0 spiro atoms. The SMILES string of the molecule is CCN(C(=O)c1c(F)cccc1Cl)c1ccc(-c2cc(C(N)=O)ccc2Cl)cc1OCC(F)(F)F. The van der Waals surface area contributed by atoms with Gasteiger partial charge >= 0.3 is 6.18 Å². The molecule has 0 aliphatic rings. The average Bonchev–Trinajstić information content (AvgIpc) is 2.78. The number of amides is 2. The smallest absolute Gasteiger partial charge is 0.422 e. The fourth-order valence-electron chi connectivity index (χ4n) is 3.34. The molecule has 3 aromatic carbocycles. The van der Waals surface area contributed by atoms with Crippen LogP contribution in [0.1, 0.15) is 27.6 Å². The van der Waals surface area contributed by atoms with Crippen molar-refractivity contribution in [3.8, 4) is 16.9 Å². The molecule has 11 heteroatoms. The molecule has 0 atom stereocenters. The van der Waals surface area contributed by atoms with E-state index < -0.39 is 36.0 Å². The third-order valence-electron chi connectivity index (χ3n) is 4.94. The highest BCUT2D eigenvalue weighted by Crippen LogP contribution is 2.38. The third kappa shape index (κ3) is 6.04. The lowest BCUT2D eigenvalue weighted by Crippen LogP contribution is -2.32. The summed E-state index contributed by atoms with van der Waals surface area (Å²) in [6, 6.07) is 11.9. The highest BCUT2D eigenvalue weighted by atomic mass is 35.5. The van der Waals surface area contributed by atoms with Gasteiger partial charge in [0.2, 0.25) is 5.91 Å². The normalized spacial score (nSPS) is 11.3. The molecule has 5 nitrogen and oxygen atoms in total. The van der Waals surface area contributed by atoms with Gasteiger partial charge in [-0.2, -0.15) is 13.2 Å². The van der Waals surface area contributed by atoms with Crippen LogP contribution in [0.4, 0.5) is 23.2 Å². The second kappa shape index (κ2) is 10.5. The molecule has 2 N–H and O–H groups in total. The molecular formula is C24H18Cl2F4N2O3. The largest absolute Gasteiger partial charge is 0.482 e. The van der Waals surface area contributed by atoms with E-state index in [1.807, 2.05) is 0 Å². The van der Waals surface area contributed by atoms with Crippen LogP contribution >= 0.6 is 23.2 Å². The van der Waals surface area contributed by atoms with E-state index in [1.165, 1.54) is 48.5 Å². The first-order valence-corrected chi connectivity index (χ1v) is 10.9. The number of nitrogens with two attached hydrogens (primary N) is 1. The molecule has 35 heavy (non-hydrogen) atoms. The molecule has 2 amide bonds. The van der Waals surface area contributed by atoms with Crippen LogP contribution in [0.3, 0.4) is 0 Å². The molecule has 0 aliphatic heterocycles. The van der Waals surface area contributed by atoms with Crippen LogP contribution in [-0.2, 0) is 0 Å². The number of ether oxygens (including phenoxy) is 1. The molecule has 0 bridgehead atoms. The highest BCUT2D eigenvalue weighted by molar-refractivity contribution is 6.34. The standard InChI is InChI=1S/C24H18Cl2F4N2O3/c1-2-32(23(34)21-17(26)4-3-5-18(21)27)19-9-7-13(11-20(19)35-12-24(28,29)30)15-10-14(22(31)33)6-8-16(15)25/h3-11H,2,12H2,1H3,(H2,31,33). The number of halogens is 6. The quantitative estimate of drug-likeness (QED) is 0.355. The zero-order valence-corrected chi connectivity index (χ0v) is 19.6. The van der Waals surface area contributed by atoms with Crippen LogP contribution in [-0.4, -0.2) is 31.1 Å². The van der Waals surface area contributed by atoms with E-state index in [0.29, 0.717) is 11.1 Å². The van der Waals surface area contributed by atoms with Crippen LogP contribution in [0.2, 0.25) is 10.0 Å². The van der Waals surface area contributed by atoms with Gasteiger partial charge in [-0.1, -0.05) is 35.3 Å². The van der Waals surface area contributed by atoms with Crippen LogP contribution in [0.15, 0.2) is 54.6 Å². The predicted molar refractivity (Wildman–Crippen MR) is 126 cm³/mol. The summed E-state index contributed by atoms with van der Waals surface area (Å²) in [5.74, 6) is -2.79. The van der Waals surface area contributed by atoms with Gasteiger partial charge in [-0.05, 0) is 55.0 Å². The summed E-state index contributed by atoms with van der Waals surface area (Å²) in [4.78, 5) is 25.8. The van der Waals surface area contributed by atoms with Crippen LogP contribution in [0.5, 0.6) is 5.75 Å². The van der Waals surface area contributed by atoms with Gasteiger partial charge in [-0.15, -0.1) is 0 Å². The maximum absolute atomic E-state index is 14.4. The van der Waals surface area contributed by atoms with E-state index in [2.05, 4.69) is 0 Å². The monoisotopic (exact) mass is 528 g/mol. The summed E-state index contributed by atoms with van der Waals surface area (Å²) in [5.41, 5.74) is 5.56. The van der Waals surface area contributed by atoms with Crippen molar-refractivity contribution in [3.63, 3.8) is 0 Å². The van der Waals surface area contributed by atoms with E-state index in [1.54, 1.807) is 6.92 Å². The summed E-state index contributed by atoms with van der Waals surface area (Å²) in [6.07, 6.45) is -4.67. The second-order valence-corrected chi connectivity index (χ2v) is 8.11. The van der Waals surface area contributed by atoms with Crippen molar-refractivity contribution in [1.29, 1.82) is 0 Å². The lowest BCUT2D eigenvalue weighted by Gasteiger charge is -2.25. The molecule has 0 unspecified atom stereocenters. The molecule has 3 rings (SSSR count). The number of hydrogen-bond acceptors (Lipinski definition) is 3. The number of carbonyl (C=O) groups excluding carboxylic acids is 2. The number of rotatable bonds is 7. The minimum atomic E-state index is -4.67. The van der Waals surface area contributed by atoms with Crippen LogP contribution in [0.25, 0.3) is 11.1 Å². The predicted octanol–water partition coefficient (Wildman–Crippen LogP) is 6.51. The van der Waals surface area contributed by atoms with Gasteiger partial charge in [0, 0.05) is 22.7 Å². The molecule has 0 aliphatic carbocycles. The fourth-order valence-corrected chi connectivity index (χ4v) is 3.81. The first kappa shape index (κ1) is 26.3. The Labute approximate surface area is 208 Å². The Balaban J connectivity index is 2.14. The van der Waals surface area contributed by atoms with Crippen molar-refractivity contribution in [2.24, 2.45) is 5.73 Å². The minimum Gasteiger partial charge on any atom is -0.482 e. The summed E-state index contributed by atoms with van der Waals surface area (Å²) in [5, 5.41) is 0.0453. The second-order valence-electron chi connectivity index (χ2n) is 7.29. The molecule has 0 aromatic heterocycles. The number of primary amides is 1. The summed E-state index contributed by atoms with van der Waals surface area (Å²) < 4.78 is 58.3. The van der Waals surface area contributed by atoms with Gasteiger partial charge in [0.1, 0.15) is 11.6 Å². The van der Waals surface area contributed by atoms with E-state index in [9.17, 15) is 27.2 Å². The van der Waals surface area contributed by atoms with E-state index >= 15 is 0 Å². The van der Waals surface area contributed by atoms with Gasteiger partial charge in [0.05, 0.1) is 16.3 Å². The summed E-state index contributed by atoms with van der Waals surface area (Å²) in [7, 11) is 0. The van der Waals surface area contributed by atoms with Gasteiger partial charge in [-0.25, -0.2) is 4.39 Å². The Bertz CT molecular complexity index is 1260. The molecule has 0 radical (unpaired) electrons. The lowest BCUT2D eigenvalue weighted by atomic mass is 10.0. The van der Waals surface area contributed by atoms with Crippen molar-refractivity contribution in [2.45, 2.75) is 13.1 Å². The highest BCUT2D eigenvalue weighted by Gasteiger charge is 2.30. The Morgan fingerprint density at radius 3 is 2.34 bits per heavy atom. The van der Waals surface area contributed by atoms with Crippen molar-refractivity contribution in [3.05, 3.63) is 81.6 Å². The molecule has 184 valence electrons. The van der Waals surface area contributed by atoms with E-state index in [0.717, 1.165) is 11.0 Å². The van der Waals surface area contributed by atoms with E-state index in [4.69, 9.17) is 33.7 Å². The van der Waals surface area contributed by atoms with Crippen molar-refractivity contribution < 1.29 is 31.9 Å². The molecule has 0 fully saturated rings. The number of nitrogens with zero attached hydrogens (tertiary/aromatic N) is 1. The maximum Gasteiger partial charge on any atom is 0.422 e. The van der Waals surface area contributed by atoms with Crippen LogP contribution in [0, 0.1) is 5.82 Å². The Kier molecular flexibility index (Phi) is 7.92. The molecular weight excluding hydrogens is 511 g/mol. The van der Waals surface area contributed by atoms with Gasteiger partial charge in [0.15, 0.2) is 6.61 Å². The molecule has 0 saturated carbocycles. The van der Waals surface area contributed by atoms with Gasteiger partial charge in [0.25, 0.3) is 5.91 Å². The van der Waals surface area contributed by atoms with Crippen molar-refractivity contribution in [1.82, 2.24) is 0 Å². The van der Waals surface area contributed by atoms with Crippen molar-refractivity contribution >= 4 is 40.7 Å². The first-order valence-electron chi connectivity index (χ1n) is 10.1. The third-order valence-corrected chi connectivity index (χ3v) is 5.59. The topological polar surface area (TPSA) is 72.6 Å². The Morgan fingerprint density at radius 1 is 1.03 bits per heavy atom. The van der Waals surface area contributed by atoms with Crippen molar-refractivity contribution in [2.75, 3.05) is 18.1 Å². The van der Waals surface area contributed by atoms with E-state index in [-0.39, 0.29) is 33.6 Å². The van der Waals surface area contributed by atoms with Gasteiger partial charge in [-0.3, -0.25) is 9.59 Å². The van der Waals surface area contributed by atoms with Crippen LogP contribution < -0.4 is 15.4 Å². The Morgan fingerprint density at radius 2 is 1.74 bits per heavy atom. The number of benzene rings is 3. The molecule has 0 saturated heterocycles. The number of hydrogen-bond donors (Lipinski definition) is 1. The number of alkyl halides is 3. The number of carbonyl (C=O) groups is 2. The number of anilines is 1. The summed E-state index contributed by atoms with van der Waals surface area (Å²) in [6.45, 7) is -0.130. The molecule has 0 heterocycles. The zero-order valence-electron chi connectivity index (χ0n) is 18.1. The average molecular weight is 529 g/mol. The minimum absolute atomic E-state index is 0.0386. The Hall–Kier alpha value is -3.30. The fraction of sp³-hybridized carbons (Fsp3) is 0.167. The first-order chi connectivity index (χ1) is 16.4. The maximum atomic E-state index is 14.4. The zero-order chi connectivity index (χ0) is 25.9. The summed E-state index contributed by atoms with van der Waals surface area (Å²) >= 11 is 12.3. The lowest BCUT2D eigenvalue weighted by molar-refractivity contribution is -0.153. The molecule has 3 aromatic rings. The van der Waals surface area contributed by atoms with Gasteiger partial charge < -0.3 is 15.4 Å².